The molecule has 1 aliphatic carbocycles. The van der Waals surface area contributed by atoms with E-state index in [0.29, 0.717) is 6.54 Å². The van der Waals surface area contributed by atoms with Crippen LogP contribution in [0.3, 0.4) is 0 Å². The smallest absolute Gasteiger partial charge is 0.232 e. The van der Waals surface area contributed by atoms with Crippen molar-refractivity contribution in [3.8, 4) is 0 Å². The van der Waals surface area contributed by atoms with Gasteiger partial charge in [0.1, 0.15) is 0 Å². The van der Waals surface area contributed by atoms with Gasteiger partial charge >= 0.3 is 0 Å². The van der Waals surface area contributed by atoms with Crippen molar-refractivity contribution in [2.75, 3.05) is 4.90 Å². The summed E-state index contributed by atoms with van der Waals surface area (Å²) < 4.78 is 1.13. The van der Waals surface area contributed by atoms with E-state index in [4.69, 9.17) is 4.98 Å². The first-order valence-electron chi connectivity index (χ1n) is 8.29. The molecule has 2 aromatic heterocycles. The minimum absolute atomic E-state index is 0.148. The second-order valence-corrected chi connectivity index (χ2v) is 7.34. The summed E-state index contributed by atoms with van der Waals surface area (Å²) in [6.45, 7) is 2.59. The van der Waals surface area contributed by atoms with Crippen molar-refractivity contribution in [3.63, 3.8) is 0 Å². The predicted molar refractivity (Wildman–Crippen MR) is 97.1 cm³/mol. The Hall–Kier alpha value is -2.27. The van der Waals surface area contributed by atoms with Gasteiger partial charge in [0.15, 0.2) is 5.13 Å². The van der Waals surface area contributed by atoms with Gasteiger partial charge in [-0.15, -0.1) is 0 Å². The van der Waals surface area contributed by atoms with E-state index in [1.54, 1.807) is 17.5 Å². The number of carbonyl (C=O) groups is 1. The van der Waals surface area contributed by atoms with Gasteiger partial charge in [-0.2, -0.15) is 0 Å². The lowest BCUT2D eigenvalue weighted by molar-refractivity contribution is -0.124. The molecule has 1 amide bonds. The summed E-state index contributed by atoms with van der Waals surface area (Å²) in [5, 5.41) is 0.792. The van der Waals surface area contributed by atoms with Gasteiger partial charge in [0, 0.05) is 18.3 Å². The number of nitrogens with zero attached hydrogens (tertiary/aromatic N) is 3. The Morgan fingerprint density at radius 3 is 2.83 bits per heavy atom. The third-order valence-corrected chi connectivity index (χ3v) is 5.67. The van der Waals surface area contributed by atoms with Crippen molar-refractivity contribution < 1.29 is 4.79 Å². The molecule has 0 saturated heterocycles. The molecule has 1 fully saturated rings. The minimum atomic E-state index is 0.148. The summed E-state index contributed by atoms with van der Waals surface area (Å²) >= 11 is 1.59. The zero-order valence-electron chi connectivity index (χ0n) is 13.6. The number of aryl methyl sites for hydroxylation is 1. The van der Waals surface area contributed by atoms with Crippen LogP contribution in [0.4, 0.5) is 5.13 Å². The fourth-order valence-corrected chi connectivity index (χ4v) is 4.03. The number of pyridine rings is 1. The van der Waals surface area contributed by atoms with Crippen LogP contribution >= 0.6 is 11.3 Å². The lowest BCUT2D eigenvalue weighted by Crippen LogP contribution is -2.38. The van der Waals surface area contributed by atoms with E-state index in [2.05, 4.69) is 24.0 Å². The Kier molecular flexibility index (Phi) is 4.02. The average Bonchev–Trinajstić information content (AvgIpc) is 2.97. The van der Waals surface area contributed by atoms with Gasteiger partial charge in [0.05, 0.1) is 16.8 Å². The van der Waals surface area contributed by atoms with Gasteiger partial charge in [0.25, 0.3) is 0 Å². The number of hydrogen-bond donors (Lipinski definition) is 0. The Balaban J connectivity index is 1.72. The lowest BCUT2D eigenvalue weighted by atomic mass is 9.84. The Morgan fingerprint density at radius 1 is 1.29 bits per heavy atom. The first kappa shape index (κ1) is 15.3. The monoisotopic (exact) mass is 337 g/mol. The first-order chi connectivity index (χ1) is 11.7. The topological polar surface area (TPSA) is 46.1 Å². The maximum Gasteiger partial charge on any atom is 0.232 e. The van der Waals surface area contributed by atoms with Crippen LogP contribution in [0, 0.1) is 12.8 Å². The molecular weight excluding hydrogens is 318 g/mol. The lowest BCUT2D eigenvalue weighted by Gasteiger charge is -2.30. The summed E-state index contributed by atoms with van der Waals surface area (Å²) in [5.41, 5.74) is 3.17. The summed E-state index contributed by atoms with van der Waals surface area (Å²) in [6.07, 6.45) is 6.71. The molecule has 0 N–H and O–H groups in total. The number of fused-ring (bicyclic) bond motifs is 1. The minimum Gasteiger partial charge on any atom is -0.283 e. The standard InChI is InChI=1S/C19H19N3OS/c1-13-5-2-9-16-17(13)21-19(24-16)22(18(23)15-7-3-8-15)12-14-6-4-10-20-11-14/h2,4-6,9-11,15H,3,7-8,12H2,1H3. The van der Waals surface area contributed by atoms with Crippen LogP contribution in [0.5, 0.6) is 0 Å². The van der Waals surface area contributed by atoms with Gasteiger partial charge < -0.3 is 0 Å². The molecule has 122 valence electrons. The SMILES string of the molecule is Cc1cccc2sc(N(Cc3cccnc3)C(=O)C3CCC3)nc12. The molecule has 4 nitrogen and oxygen atoms in total. The highest BCUT2D eigenvalue weighted by Gasteiger charge is 2.31. The molecule has 3 aromatic rings. The van der Waals surface area contributed by atoms with Crippen molar-refractivity contribution in [1.29, 1.82) is 0 Å². The maximum absolute atomic E-state index is 13.0. The number of rotatable bonds is 4. The van der Waals surface area contributed by atoms with E-state index < -0.39 is 0 Å². The number of para-hydroxylation sites is 1. The molecule has 1 saturated carbocycles. The summed E-state index contributed by atoms with van der Waals surface area (Å²) in [6, 6.07) is 10.1. The van der Waals surface area contributed by atoms with E-state index in [0.717, 1.165) is 45.7 Å². The third-order valence-electron chi connectivity index (χ3n) is 4.62. The second kappa shape index (κ2) is 6.32. The molecule has 0 radical (unpaired) electrons. The number of benzene rings is 1. The van der Waals surface area contributed by atoms with Crippen LogP contribution in [-0.4, -0.2) is 15.9 Å². The number of anilines is 1. The largest absolute Gasteiger partial charge is 0.283 e. The van der Waals surface area contributed by atoms with E-state index in [1.807, 2.05) is 29.3 Å². The highest BCUT2D eigenvalue weighted by Crippen LogP contribution is 2.35. The average molecular weight is 337 g/mol. The highest BCUT2D eigenvalue weighted by atomic mass is 32.1. The first-order valence-corrected chi connectivity index (χ1v) is 9.10. The number of thiazole rings is 1. The molecule has 0 bridgehead atoms. The molecule has 4 rings (SSSR count). The third kappa shape index (κ3) is 2.80. The zero-order chi connectivity index (χ0) is 16.5. The van der Waals surface area contributed by atoms with Gasteiger partial charge in [-0.05, 0) is 43.0 Å². The molecule has 1 aromatic carbocycles. The van der Waals surface area contributed by atoms with Gasteiger partial charge in [-0.25, -0.2) is 4.98 Å². The fourth-order valence-electron chi connectivity index (χ4n) is 2.98. The normalized spacial score (nSPS) is 14.5. The van der Waals surface area contributed by atoms with Crippen LogP contribution in [-0.2, 0) is 11.3 Å². The Bertz CT molecular complexity index is 871. The van der Waals surface area contributed by atoms with E-state index in [9.17, 15) is 4.79 Å². The van der Waals surface area contributed by atoms with Crippen molar-refractivity contribution in [3.05, 3.63) is 53.9 Å². The van der Waals surface area contributed by atoms with Crippen LogP contribution in [0.2, 0.25) is 0 Å². The van der Waals surface area contributed by atoms with Crippen molar-refractivity contribution >= 4 is 32.6 Å². The van der Waals surface area contributed by atoms with Crippen molar-refractivity contribution in [1.82, 2.24) is 9.97 Å². The van der Waals surface area contributed by atoms with Gasteiger partial charge in [-0.3, -0.25) is 14.7 Å². The number of hydrogen-bond acceptors (Lipinski definition) is 4. The molecule has 0 spiro atoms. The highest BCUT2D eigenvalue weighted by molar-refractivity contribution is 7.22. The van der Waals surface area contributed by atoms with Gasteiger partial charge in [-0.1, -0.05) is 36.0 Å². The quantitative estimate of drug-likeness (QED) is 0.712. The number of carbonyl (C=O) groups excluding carboxylic acids is 1. The summed E-state index contributed by atoms with van der Waals surface area (Å²) in [7, 11) is 0. The van der Waals surface area contributed by atoms with E-state index in [1.165, 1.54) is 0 Å². The van der Waals surface area contributed by atoms with Crippen LogP contribution in [0.1, 0.15) is 30.4 Å². The maximum atomic E-state index is 13.0. The molecule has 24 heavy (non-hydrogen) atoms. The molecule has 1 aliphatic rings. The van der Waals surface area contributed by atoms with Crippen LogP contribution < -0.4 is 4.90 Å². The molecule has 2 heterocycles. The van der Waals surface area contributed by atoms with Crippen LogP contribution in [0.15, 0.2) is 42.7 Å². The Labute approximate surface area is 145 Å². The Morgan fingerprint density at radius 2 is 2.17 bits per heavy atom. The van der Waals surface area contributed by atoms with E-state index in [-0.39, 0.29) is 11.8 Å². The molecular formula is C19H19N3OS. The second-order valence-electron chi connectivity index (χ2n) is 6.33. The van der Waals surface area contributed by atoms with Gasteiger partial charge in [0.2, 0.25) is 5.91 Å². The molecule has 0 atom stereocenters. The number of amides is 1. The fraction of sp³-hybridized carbons (Fsp3) is 0.316. The summed E-state index contributed by atoms with van der Waals surface area (Å²) in [4.78, 5) is 23.8. The molecule has 0 aliphatic heterocycles. The van der Waals surface area contributed by atoms with Crippen molar-refractivity contribution in [2.24, 2.45) is 5.92 Å². The molecule has 5 heteroatoms. The van der Waals surface area contributed by atoms with Crippen molar-refractivity contribution in [2.45, 2.75) is 32.7 Å². The van der Waals surface area contributed by atoms with E-state index >= 15 is 0 Å². The zero-order valence-corrected chi connectivity index (χ0v) is 14.4. The number of aromatic nitrogens is 2. The predicted octanol–water partition coefficient (Wildman–Crippen LogP) is 4.33. The van der Waals surface area contributed by atoms with Crippen LogP contribution in [0.25, 0.3) is 10.2 Å². The summed E-state index contributed by atoms with van der Waals surface area (Å²) in [5.74, 6) is 0.344. The molecule has 0 unspecified atom stereocenters.